The fourth-order valence-electron chi connectivity index (χ4n) is 3.73. The van der Waals surface area contributed by atoms with E-state index in [1.165, 1.54) is 0 Å². The number of anilines is 1. The molecule has 0 radical (unpaired) electrons. The molecule has 3 aromatic carbocycles. The number of nitrogens with zero attached hydrogens (tertiary/aromatic N) is 2. The molecule has 7 heteroatoms. The van der Waals surface area contributed by atoms with Gasteiger partial charge in [-0.15, -0.1) is 0 Å². The molecule has 0 saturated carbocycles. The molecule has 1 aliphatic rings. The minimum Gasteiger partial charge on any atom is -0.454 e. The van der Waals surface area contributed by atoms with Crippen LogP contribution in [-0.2, 0) is 17.8 Å². The number of amides is 1. The van der Waals surface area contributed by atoms with Crippen LogP contribution in [-0.4, -0.2) is 22.3 Å². The Balaban J connectivity index is 1.34. The van der Waals surface area contributed by atoms with Gasteiger partial charge in [-0.1, -0.05) is 41.9 Å². The summed E-state index contributed by atoms with van der Waals surface area (Å²) in [7, 11) is 0. The number of imidazole rings is 1. The molecule has 1 aromatic heterocycles. The zero-order valence-corrected chi connectivity index (χ0v) is 17.4. The number of hydrogen-bond acceptors (Lipinski definition) is 4. The second-order valence-corrected chi connectivity index (χ2v) is 7.71. The van der Waals surface area contributed by atoms with E-state index in [2.05, 4.69) is 9.88 Å². The first-order valence-electron chi connectivity index (χ1n) is 10.0. The minimum atomic E-state index is -0.0830. The summed E-state index contributed by atoms with van der Waals surface area (Å²) < 4.78 is 12.8. The molecule has 0 spiro atoms. The maximum absolute atomic E-state index is 12.6. The zero-order chi connectivity index (χ0) is 21.2. The highest BCUT2D eigenvalue weighted by atomic mass is 35.5. The molecule has 0 bridgehead atoms. The maximum Gasteiger partial charge on any atom is 0.231 e. The molecule has 6 nitrogen and oxygen atoms in total. The van der Waals surface area contributed by atoms with Crippen LogP contribution in [0.3, 0.4) is 0 Å². The van der Waals surface area contributed by atoms with Gasteiger partial charge in [0.2, 0.25) is 12.7 Å². The van der Waals surface area contributed by atoms with Crippen LogP contribution in [0.15, 0.2) is 66.7 Å². The number of para-hydroxylation sites is 2. The molecule has 0 saturated heterocycles. The monoisotopic (exact) mass is 433 g/mol. The van der Waals surface area contributed by atoms with E-state index in [1.54, 1.807) is 18.2 Å². The van der Waals surface area contributed by atoms with Crippen LogP contribution in [0.2, 0.25) is 5.02 Å². The van der Waals surface area contributed by atoms with Crippen molar-refractivity contribution in [2.45, 2.75) is 19.4 Å². The molecule has 156 valence electrons. The number of benzene rings is 3. The minimum absolute atomic E-state index is 0.0830. The van der Waals surface area contributed by atoms with E-state index < -0.39 is 0 Å². The van der Waals surface area contributed by atoms with Crippen LogP contribution in [0.1, 0.15) is 17.8 Å². The Morgan fingerprint density at radius 2 is 1.84 bits per heavy atom. The number of aryl methyl sites for hydroxylation is 1. The first-order chi connectivity index (χ1) is 15.2. The van der Waals surface area contributed by atoms with Gasteiger partial charge in [0, 0.05) is 36.2 Å². The van der Waals surface area contributed by atoms with Gasteiger partial charge in [-0.05, 0) is 35.9 Å². The van der Waals surface area contributed by atoms with E-state index in [0.29, 0.717) is 41.6 Å². The highest BCUT2D eigenvalue weighted by Crippen LogP contribution is 2.34. The number of fused-ring (bicyclic) bond motifs is 2. The number of ether oxygens (including phenoxy) is 2. The van der Waals surface area contributed by atoms with Crippen molar-refractivity contribution >= 4 is 34.2 Å². The number of nitrogens with one attached hydrogen (secondary N) is 1. The van der Waals surface area contributed by atoms with Crippen LogP contribution in [0.5, 0.6) is 11.5 Å². The molecule has 0 aliphatic carbocycles. The van der Waals surface area contributed by atoms with Gasteiger partial charge in [0.25, 0.3) is 0 Å². The van der Waals surface area contributed by atoms with Gasteiger partial charge in [-0.25, -0.2) is 4.98 Å². The lowest BCUT2D eigenvalue weighted by atomic mass is 10.1. The Labute approximate surface area is 184 Å². The number of hydrogen-bond donors (Lipinski definition) is 1. The van der Waals surface area contributed by atoms with Gasteiger partial charge >= 0.3 is 0 Å². The average Bonchev–Trinajstić information content (AvgIpc) is 3.37. The summed E-state index contributed by atoms with van der Waals surface area (Å²) >= 11 is 6.36. The van der Waals surface area contributed by atoms with E-state index >= 15 is 0 Å². The van der Waals surface area contributed by atoms with Gasteiger partial charge in [-0.2, -0.15) is 0 Å². The Kier molecular flexibility index (Phi) is 5.22. The Bertz CT molecular complexity index is 1270. The summed E-state index contributed by atoms with van der Waals surface area (Å²) in [5, 5.41) is 3.64. The fourth-order valence-corrected chi connectivity index (χ4v) is 3.94. The molecule has 1 amide bonds. The molecule has 31 heavy (non-hydrogen) atoms. The van der Waals surface area contributed by atoms with Crippen LogP contribution < -0.4 is 14.8 Å². The number of aromatic nitrogens is 2. The number of rotatable bonds is 6. The van der Waals surface area contributed by atoms with E-state index in [4.69, 9.17) is 26.1 Å². The lowest BCUT2D eigenvalue weighted by Gasteiger charge is -2.11. The first kappa shape index (κ1) is 19.5. The van der Waals surface area contributed by atoms with Gasteiger partial charge in [0.05, 0.1) is 11.0 Å². The molecule has 0 fully saturated rings. The Morgan fingerprint density at radius 1 is 1.03 bits per heavy atom. The van der Waals surface area contributed by atoms with Gasteiger partial charge in [-0.3, -0.25) is 4.79 Å². The predicted molar refractivity (Wildman–Crippen MR) is 120 cm³/mol. The van der Waals surface area contributed by atoms with E-state index in [-0.39, 0.29) is 12.7 Å². The standard InChI is InChI=1S/C24H20ClN3O3/c25-18-6-2-1-5-16(18)13-23-27-19-7-3-4-8-20(19)28(23)12-11-24(29)26-17-9-10-21-22(14-17)31-15-30-21/h1-10,14H,11-13,15H2,(H,26,29). The summed E-state index contributed by atoms with van der Waals surface area (Å²) in [4.78, 5) is 17.4. The van der Waals surface area contributed by atoms with E-state index in [9.17, 15) is 4.79 Å². The Morgan fingerprint density at radius 3 is 2.74 bits per heavy atom. The third kappa shape index (κ3) is 4.07. The van der Waals surface area contributed by atoms with E-state index in [1.807, 2.05) is 48.5 Å². The number of carbonyl (C=O) groups is 1. The summed E-state index contributed by atoms with van der Waals surface area (Å²) in [5.74, 6) is 2.12. The molecule has 4 aromatic rings. The molecule has 0 unspecified atom stereocenters. The third-order valence-electron chi connectivity index (χ3n) is 5.26. The zero-order valence-electron chi connectivity index (χ0n) is 16.7. The van der Waals surface area contributed by atoms with Crippen LogP contribution in [0.4, 0.5) is 5.69 Å². The smallest absolute Gasteiger partial charge is 0.231 e. The van der Waals surface area contributed by atoms with Gasteiger partial charge < -0.3 is 19.4 Å². The SMILES string of the molecule is O=C(CCn1c(Cc2ccccc2Cl)nc2ccccc21)Nc1ccc2c(c1)OCO2. The first-order valence-corrected chi connectivity index (χ1v) is 10.4. The van der Waals surface area contributed by atoms with E-state index in [0.717, 1.165) is 22.4 Å². The summed E-state index contributed by atoms with van der Waals surface area (Å²) in [6, 6.07) is 21.1. The summed E-state index contributed by atoms with van der Waals surface area (Å²) in [6.07, 6.45) is 0.905. The highest BCUT2D eigenvalue weighted by molar-refractivity contribution is 6.31. The maximum atomic E-state index is 12.6. The van der Waals surface area contributed by atoms with Gasteiger partial charge in [0.1, 0.15) is 5.82 Å². The van der Waals surface area contributed by atoms with Crippen molar-refractivity contribution in [1.82, 2.24) is 9.55 Å². The molecule has 5 rings (SSSR count). The van der Waals surface area contributed by atoms with Crippen molar-refractivity contribution in [1.29, 1.82) is 0 Å². The average molecular weight is 434 g/mol. The lowest BCUT2D eigenvalue weighted by molar-refractivity contribution is -0.116. The lowest BCUT2D eigenvalue weighted by Crippen LogP contribution is -2.15. The van der Waals surface area contributed by atoms with Crippen molar-refractivity contribution in [2.75, 3.05) is 12.1 Å². The molecule has 2 heterocycles. The Hall–Kier alpha value is -3.51. The summed E-state index contributed by atoms with van der Waals surface area (Å²) in [5.41, 5.74) is 3.59. The third-order valence-corrected chi connectivity index (χ3v) is 5.63. The molecule has 0 atom stereocenters. The fraction of sp³-hybridized carbons (Fsp3) is 0.167. The number of halogens is 1. The largest absolute Gasteiger partial charge is 0.454 e. The molecule has 1 aliphatic heterocycles. The van der Waals surface area contributed by atoms with Crippen molar-refractivity contribution in [3.63, 3.8) is 0 Å². The predicted octanol–water partition coefficient (Wildman–Crippen LogP) is 5.04. The van der Waals surface area contributed by atoms with Crippen LogP contribution in [0, 0.1) is 0 Å². The van der Waals surface area contributed by atoms with Crippen LogP contribution in [0.25, 0.3) is 11.0 Å². The quantitative estimate of drug-likeness (QED) is 0.462. The van der Waals surface area contributed by atoms with Crippen molar-refractivity contribution in [2.24, 2.45) is 0 Å². The van der Waals surface area contributed by atoms with Crippen molar-refractivity contribution in [3.05, 3.63) is 83.1 Å². The number of carbonyl (C=O) groups excluding carboxylic acids is 1. The molecular formula is C24H20ClN3O3. The van der Waals surface area contributed by atoms with Crippen molar-refractivity contribution in [3.8, 4) is 11.5 Å². The van der Waals surface area contributed by atoms with Crippen molar-refractivity contribution < 1.29 is 14.3 Å². The summed E-state index contributed by atoms with van der Waals surface area (Å²) in [6.45, 7) is 0.714. The topological polar surface area (TPSA) is 65.4 Å². The normalized spacial score (nSPS) is 12.3. The van der Waals surface area contributed by atoms with Gasteiger partial charge in [0.15, 0.2) is 11.5 Å². The second-order valence-electron chi connectivity index (χ2n) is 7.30. The molecule has 1 N–H and O–H groups in total. The molecular weight excluding hydrogens is 414 g/mol. The van der Waals surface area contributed by atoms with Crippen LogP contribution >= 0.6 is 11.6 Å². The second kappa shape index (κ2) is 8.32. The highest BCUT2D eigenvalue weighted by Gasteiger charge is 2.16.